The van der Waals surface area contributed by atoms with Crippen molar-refractivity contribution in [2.75, 3.05) is 24.6 Å². The van der Waals surface area contributed by atoms with Crippen LogP contribution in [0.15, 0.2) is 77.7 Å². The zero-order valence-electron chi connectivity index (χ0n) is 26.1. The van der Waals surface area contributed by atoms with Gasteiger partial charge in [-0.05, 0) is 80.3 Å². The second-order valence-electron chi connectivity index (χ2n) is 11.0. The molecule has 242 valence electrons. The summed E-state index contributed by atoms with van der Waals surface area (Å²) in [6.45, 7) is 3.46. The van der Waals surface area contributed by atoms with Crippen molar-refractivity contribution < 1.29 is 27.5 Å². The molecule has 3 aromatic carbocycles. The first-order valence-corrected chi connectivity index (χ1v) is 17.2. The predicted molar refractivity (Wildman–Crippen MR) is 176 cm³/mol. The number of carbonyl (C=O) groups excluding carboxylic acids is 2. The average Bonchev–Trinajstić information content (AvgIpc) is 3.04. The van der Waals surface area contributed by atoms with Crippen LogP contribution in [-0.4, -0.2) is 57.5 Å². The van der Waals surface area contributed by atoms with Gasteiger partial charge < -0.3 is 19.7 Å². The molecule has 1 aliphatic carbocycles. The molecule has 0 bridgehead atoms. The molecule has 45 heavy (non-hydrogen) atoms. The molecule has 1 saturated carbocycles. The highest BCUT2D eigenvalue weighted by molar-refractivity contribution is 7.92. The monoisotopic (exact) mass is 655 g/mol. The van der Waals surface area contributed by atoms with E-state index in [9.17, 15) is 18.0 Å². The maximum atomic E-state index is 14.4. The summed E-state index contributed by atoms with van der Waals surface area (Å²) >= 11 is 6.06. The van der Waals surface area contributed by atoms with Gasteiger partial charge in [0.05, 0.1) is 24.3 Å². The molecule has 1 atom stereocenters. The van der Waals surface area contributed by atoms with Crippen molar-refractivity contribution in [1.82, 2.24) is 10.2 Å². The molecule has 0 aromatic heterocycles. The summed E-state index contributed by atoms with van der Waals surface area (Å²) < 4.78 is 40.6. The first-order chi connectivity index (χ1) is 21.7. The zero-order valence-corrected chi connectivity index (χ0v) is 27.6. The first-order valence-electron chi connectivity index (χ1n) is 15.4. The molecular weight excluding hydrogens is 614 g/mol. The second-order valence-corrected chi connectivity index (χ2v) is 13.3. The summed E-state index contributed by atoms with van der Waals surface area (Å²) in [5, 5.41) is 3.54. The van der Waals surface area contributed by atoms with Gasteiger partial charge in [-0.1, -0.05) is 62.1 Å². The van der Waals surface area contributed by atoms with E-state index >= 15 is 0 Å². The molecule has 11 heteroatoms. The Morgan fingerprint density at radius 1 is 0.978 bits per heavy atom. The second kappa shape index (κ2) is 16.0. The number of hydrogen-bond acceptors (Lipinski definition) is 6. The summed E-state index contributed by atoms with van der Waals surface area (Å²) in [6, 6.07) is 19.0. The molecular formula is C34H42ClN3O6S. The summed E-state index contributed by atoms with van der Waals surface area (Å²) in [5.41, 5.74) is 0.956. The normalized spacial score (nSPS) is 14.3. The number of hydrogen-bond donors (Lipinski definition) is 1. The molecule has 1 fully saturated rings. The summed E-state index contributed by atoms with van der Waals surface area (Å²) in [4.78, 5) is 29.6. The van der Waals surface area contributed by atoms with E-state index in [1.54, 1.807) is 50.4 Å². The molecule has 1 unspecified atom stereocenters. The zero-order chi connectivity index (χ0) is 32.4. The highest BCUT2D eigenvalue weighted by Crippen LogP contribution is 2.33. The van der Waals surface area contributed by atoms with Crippen LogP contribution in [0, 0.1) is 0 Å². The van der Waals surface area contributed by atoms with Crippen LogP contribution in [0.2, 0.25) is 5.02 Å². The molecule has 0 aliphatic heterocycles. The lowest BCUT2D eigenvalue weighted by Crippen LogP contribution is -2.54. The third-order valence-corrected chi connectivity index (χ3v) is 9.96. The number of halogens is 1. The number of ether oxygens (including phenoxy) is 2. The molecule has 9 nitrogen and oxygen atoms in total. The Hall–Kier alpha value is -3.76. The number of carbonyl (C=O) groups is 2. The highest BCUT2D eigenvalue weighted by Gasteiger charge is 2.35. The van der Waals surface area contributed by atoms with Crippen molar-refractivity contribution in [3.8, 4) is 11.5 Å². The van der Waals surface area contributed by atoms with Crippen molar-refractivity contribution >= 4 is 39.1 Å². The third kappa shape index (κ3) is 8.70. The lowest BCUT2D eigenvalue weighted by Gasteiger charge is -2.34. The number of sulfonamides is 1. The van der Waals surface area contributed by atoms with Gasteiger partial charge in [0, 0.05) is 17.6 Å². The fraction of sp³-hybridized carbons (Fsp3) is 0.412. The molecule has 0 heterocycles. The molecule has 1 N–H and O–H groups in total. The highest BCUT2D eigenvalue weighted by atomic mass is 35.5. The SMILES string of the molecule is CCOc1ccccc1N(CC(=O)N(Cc1cccc(OC)c1)C(CC)C(=O)NC1CCCCC1)S(=O)(=O)c1ccc(Cl)cc1. The van der Waals surface area contributed by atoms with Gasteiger partial charge in [0.25, 0.3) is 10.0 Å². The number of amides is 2. The van der Waals surface area contributed by atoms with E-state index < -0.39 is 28.5 Å². The van der Waals surface area contributed by atoms with E-state index in [0.717, 1.165) is 42.0 Å². The van der Waals surface area contributed by atoms with Crippen molar-refractivity contribution in [3.05, 3.63) is 83.4 Å². The van der Waals surface area contributed by atoms with E-state index in [1.165, 1.54) is 29.2 Å². The average molecular weight is 656 g/mol. The van der Waals surface area contributed by atoms with E-state index in [-0.39, 0.29) is 29.1 Å². The number of anilines is 1. The van der Waals surface area contributed by atoms with Crippen molar-refractivity contribution in [2.45, 2.75) is 75.9 Å². The maximum Gasteiger partial charge on any atom is 0.264 e. The number of nitrogens with one attached hydrogen (secondary N) is 1. The van der Waals surface area contributed by atoms with Gasteiger partial charge in [0.15, 0.2) is 0 Å². The van der Waals surface area contributed by atoms with E-state index in [0.29, 0.717) is 29.5 Å². The molecule has 4 rings (SSSR count). The smallest absolute Gasteiger partial charge is 0.264 e. The molecule has 0 spiro atoms. The minimum atomic E-state index is -4.27. The van der Waals surface area contributed by atoms with Crippen molar-refractivity contribution in [1.29, 1.82) is 0 Å². The summed E-state index contributed by atoms with van der Waals surface area (Å²) in [6.07, 6.45) is 5.37. The summed E-state index contributed by atoms with van der Waals surface area (Å²) in [7, 11) is -2.71. The Labute approximate surface area is 271 Å². The van der Waals surface area contributed by atoms with Crippen LogP contribution in [0.4, 0.5) is 5.69 Å². The molecule has 3 aromatic rings. The Balaban J connectivity index is 1.75. The van der Waals surface area contributed by atoms with Gasteiger partial charge in [-0.2, -0.15) is 0 Å². The Morgan fingerprint density at radius 2 is 1.69 bits per heavy atom. The lowest BCUT2D eigenvalue weighted by molar-refractivity contribution is -0.140. The van der Waals surface area contributed by atoms with E-state index in [1.807, 2.05) is 19.1 Å². The molecule has 0 saturated heterocycles. The van der Waals surface area contributed by atoms with Gasteiger partial charge >= 0.3 is 0 Å². The molecule has 1 aliphatic rings. The fourth-order valence-corrected chi connectivity index (χ4v) is 7.17. The van der Waals surface area contributed by atoms with Gasteiger partial charge in [0.1, 0.15) is 24.1 Å². The van der Waals surface area contributed by atoms with Crippen LogP contribution in [0.1, 0.15) is 57.9 Å². The molecule has 2 amide bonds. The van der Waals surface area contributed by atoms with Crippen molar-refractivity contribution in [2.24, 2.45) is 0 Å². The Morgan fingerprint density at radius 3 is 2.36 bits per heavy atom. The van der Waals surface area contributed by atoms with Crippen molar-refractivity contribution in [3.63, 3.8) is 0 Å². The van der Waals surface area contributed by atoms with Crippen LogP contribution in [-0.2, 0) is 26.2 Å². The van der Waals surface area contributed by atoms with Gasteiger partial charge in [-0.3, -0.25) is 13.9 Å². The maximum absolute atomic E-state index is 14.4. The number of rotatable bonds is 14. The number of para-hydroxylation sites is 2. The van der Waals surface area contributed by atoms with Gasteiger partial charge in [0.2, 0.25) is 11.8 Å². The quantitative estimate of drug-likeness (QED) is 0.222. The topological polar surface area (TPSA) is 105 Å². The van der Waals surface area contributed by atoms with E-state index in [4.69, 9.17) is 21.1 Å². The van der Waals surface area contributed by atoms with Crippen LogP contribution in [0.25, 0.3) is 0 Å². The van der Waals surface area contributed by atoms with Crippen LogP contribution in [0.5, 0.6) is 11.5 Å². The minimum Gasteiger partial charge on any atom is -0.497 e. The first kappa shape index (κ1) is 34.1. The minimum absolute atomic E-state index is 0.0348. The lowest BCUT2D eigenvalue weighted by atomic mass is 9.95. The number of benzene rings is 3. The van der Waals surface area contributed by atoms with Crippen LogP contribution in [0.3, 0.4) is 0 Å². The largest absolute Gasteiger partial charge is 0.497 e. The van der Waals surface area contributed by atoms with E-state index in [2.05, 4.69) is 5.32 Å². The predicted octanol–water partition coefficient (Wildman–Crippen LogP) is 6.20. The fourth-order valence-electron chi connectivity index (χ4n) is 5.62. The number of nitrogens with zero attached hydrogens (tertiary/aromatic N) is 2. The number of methoxy groups -OCH3 is 1. The molecule has 0 radical (unpaired) electrons. The standard InChI is InChI=1S/C34H42ClN3O6S/c1-4-30(34(40)36-27-13-7-6-8-14-27)37(23-25-12-11-15-28(22-25)43-3)33(39)24-38(31-16-9-10-17-32(31)44-5-2)45(41,42)29-20-18-26(35)19-21-29/h9-12,15-22,27,30H,4-8,13-14,23-24H2,1-3H3,(H,36,40). The summed E-state index contributed by atoms with van der Waals surface area (Å²) in [5.74, 6) is 0.138. The van der Waals surface area contributed by atoms with Gasteiger partial charge in [-0.15, -0.1) is 0 Å². The van der Waals surface area contributed by atoms with Gasteiger partial charge in [-0.25, -0.2) is 8.42 Å². The Bertz CT molecular complexity index is 1540. The van der Waals surface area contributed by atoms with Crippen LogP contribution < -0.4 is 19.1 Å². The van der Waals surface area contributed by atoms with Crippen LogP contribution >= 0.6 is 11.6 Å². The Kier molecular flexibility index (Phi) is 12.1. The third-order valence-electron chi connectivity index (χ3n) is 7.94.